The summed E-state index contributed by atoms with van der Waals surface area (Å²) < 4.78 is 0. The Kier molecular flexibility index (Phi) is 7.87. The van der Waals surface area contributed by atoms with Crippen LogP contribution < -0.4 is 10.6 Å². The van der Waals surface area contributed by atoms with E-state index in [-0.39, 0.29) is 11.8 Å². The number of nitrogens with zero attached hydrogens (tertiary/aromatic N) is 2. The fourth-order valence-electron chi connectivity index (χ4n) is 3.04. The number of hydrogen-bond acceptors (Lipinski definition) is 4. The first kappa shape index (κ1) is 20.7. The Bertz CT molecular complexity index is 630. The van der Waals surface area contributed by atoms with Crippen LogP contribution in [-0.2, 0) is 4.79 Å². The molecule has 0 aromatic heterocycles. The summed E-state index contributed by atoms with van der Waals surface area (Å²) in [6, 6.07) is 5.35. The quantitative estimate of drug-likeness (QED) is 0.762. The summed E-state index contributed by atoms with van der Waals surface area (Å²) >= 11 is 6.16. The van der Waals surface area contributed by atoms with Crippen LogP contribution in [0.3, 0.4) is 0 Å². The Labute approximate surface area is 160 Å². The van der Waals surface area contributed by atoms with Crippen LogP contribution in [0.15, 0.2) is 18.2 Å². The van der Waals surface area contributed by atoms with Crippen LogP contribution in [-0.4, -0.2) is 67.4 Å². The summed E-state index contributed by atoms with van der Waals surface area (Å²) in [4.78, 5) is 28.8. The van der Waals surface area contributed by atoms with E-state index in [1.54, 1.807) is 18.2 Å². The van der Waals surface area contributed by atoms with Crippen molar-refractivity contribution in [2.24, 2.45) is 0 Å². The number of halogens is 1. The first-order valence-corrected chi connectivity index (χ1v) is 9.58. The van der Waals surface area contributed by atoms with E-state index in [1.807, 2.05) is 6.92 Å². The van der Waals surface area contributed by atoms with Crippen LogP contribution >= 0.6 is 11.6 Å². The standard InChI is InChI=1S/C19H29ClN4O2/c1-4-21-19(26)16-7-6-15(13-17(16)20)22-18(25)8-5-14(2)24-11-9-23(3)10-12-24/h6-7,13-14H,4-5,8-12H2,1-3H3,(H,21,26)(H,22,25). The fraction of sp³-hybridized carbons (Fsp3) is 0.579. The molecular formula is C19H29ClN4O2. The highest BCUT2D eigenvalue weighted by Crippen LogP contribution is 2.21. The van der Waals surface area contributed by atoms with Gasteiger partial charge in [0, 0.05) is 50.9 Å². The van der Waals surface area contributed by atoms with E-state index in [4.69, 9.17) is 11.6 Å². The molecule has 1 saturated heterocycles. The number of carbonyl (C=O) groups is 2. The largest absolute Gasteiger partial charge is 0.352 e. The zero-order valence-electron chi connectivity index (χ0n) is 15.8. The van der Waals surface area contributed by atoms with Gasteiger partial charge in [-0.25, -0.2) is 0 Å². The average Bonchev–Trinajstić information content (AvgIpc) is 2.60. The minimum absolute atomic E-state index is 0.0344. The molecule has 1 atom stereocenters. The van der Waals surface area contributed by atoms with Gasteiger partial charge in [-0.2, -0.15) is 0 Å². The Morgan fingerprint density at radius 3 is 2.54 bits per heavy atom. The van der Waals surface area contributed by atoms with Crippen molar-refractivity contribution in [2.75, 3.05) is 45.1 Å². The number of benzene rings is 1. The van der Waals surface area contributed by atoms with Gasteiger partial charge in [0.2, 0.25) is 5.91 Å². The van der Waals surface area contributed by atoms with Gasteiger partial charge in [0.1, 0.15) is 0 Å². The Hall–Kier alpha value is -1.63. The predicted molar refractivity (Wildman–Crippen MR) is 106 cm³/mol. The number of rotatable bonds is 7. The van der Waals surface area contributed by atoms with Crippen molar-refractivity contribution < 1.29 is 9.59 Å². The molecule has 2 amide bonds. The molecule has 2 rings (SSSR count). The molecule has 6 nitrogen and oxygen atoms in total. The zero-order valence-corrected chi connectivity index (χ0v) is 16.6. The van der Waals surface area contributed by atoms with Crippen molar-refractivity contribution >= 4 is 29.1 Å². The topological polar surface area (TPSA) is 64.7 Å². The average molecular weight is 381 g/mol. The number of carbonyl (C=O) groups excluding carboxylic acids is 2. The lowest BCUT2D eigenvalue weighted by atomic mass is 10.1. The number of hydrogen-bond donors (Lipinski definition) is 2. The maximum Gasteiger partial charge on any atom is 0.252 e. The van der Waals surface area contributed by atoms with Gasteiger partial charge in [0.25, 0.3) is 5.91 Å². The lowest BCUT2D eigenvalue weighted by Crippen LogP contribution is -2.48. The number of piperazine rings is 1. The molecule has 26 heavy (non-hydrogen) atoms. The van der Waals surface area contributed by atoms with Crippen molar-refractivity contribution in [3.05, 3.63) is 28.8 Å². The van der Waals surface area contributed by atoms with Gasteiger partial charge in [-0.05, 0) is 45.5 Å². The van der Waals surface area contributed by atoms with Crippen LogP contribution in [0.4, 0.5) is 5.69 Å². The molecular weight excluding hydrogens is 352 g/mol. The fourth-order valence-corrected chi connectivity index (χ4v) is 3.31. The maximum atomic E-state index is 12.2. The van der Waals surface area contributed by atoms with E-state index in [0.29, 0.717) is 35.3 Å². The Morgan fingerprint density at radius 2 is 1.92 bits per heavy atom. The van der Waals surface area contributed by atoms with Gasteiger partial charge >= 0.3 is 0 Å². The van der Waals surface area contributed by atoms with E-state index in [0.717, 1.165) is 32.6 Å². The van der Waals surface area contributed by atoms with Gasteiger partial charge in [0.15, 0.2) is 0 Å². The molecule has 1 fully saturated rings. The first-order valence-electron chi connectivity index (χ1n) is 9.21. The van der Waals surface area contributed by atoms with Gasteiger partial charge < -0.3 is 15.5 Å². The second-order valence-electron chi connectivity index (χ2n) is 6.83. The van der Waals surface area contributed by atoms with Crippen molar-refractivity contribution in [3.63, 3.8) is 0 Å². The highest BCUT2D eigenvalue weighted by molar-refractivity contribution is 6.34. The molecule has 1 heterocycles. The third-order valence-corrected chi connectivity index (χ3v) is 5.10. The molecule has 1 aromatic carbocycles. The van der Waals surface area contributed by atoms with Crippen molar-refractivity contribution in [3.8, 4) is 0 Å². The molecule has 1 aromatic rings. The molecule has 1 aliphatic heterocycles. The molecule has 0 bridgehead atoms. The molecule has 144 valence electrons. The lowest BCUT2D eigenvalue weighted by Gasteiger charge is -2.36. The number of amides is 2. The Balaban J connectivity index is 1.82. The van der Waals surface area contributed by atoms with Crippen molar-refractivity contribution in [2.45, 2.75) is 32.7 Å². The molecule has 0 spiro atoms. The number of anilines is 1. The second kappa shape index (κ2) is 9.90. The summed E-state index contributed by atoms with van der Waals surface area (Å²) in [5, 5.41) is 5.91. The van der Waals surface area contributed by atoms with Gasteiger partial charge in [-0.15, -0.1) is 0 Å². The molecule has 2 N–H and O–H groups in total. The first-order chi connectivity index (χ1) is 12.4. The van der Waals surface area contributed by atoms with E-state index in [1.165, 1.54) is 0 Å². The van der Waals surface area contributed by atoms with Crippen LogP contribution in [0.5, 0.6) is 0 Å². The summed E-state index contributed by atoms with van der Waals surface area (Å²) in [6.07, 6.45) is 1.28. The van der Waals surface area contributed by atoms with Crippen molar-refractivity contribution in [1.29, 1.82) is 0 Å². The predicted octanol–water partition coefficient (Wildman–Crippen LogP) is 2.44. The monoisotopic (exact) mass is 380 g/mol. The van der Waals surface area contributed by atoms with E-state index in [9.17, 15) is 9.59 Å². The summed E-state index contributed by atoms with van der Waals surface area (Å²) in [7, 11) is 2.14. The van der Waals surface area contributed by atoms with Gasteiger partial charge in [0.05, 0.1) is 10.6 Å². The van der Waals surface area contributed by atoms with E-state index >= 15 is 0 Å². The smallest absolute Gasteiger partial charge is 0.252 e. The number of likely N-dealkylation sites (N-methyl/N-ethyl adjacent to an activating group) is 1. The van der Waals surface area contributed by atoms with Crippen LogP contribution in [0.1, 0.15) is 37.0 Å². The molecule has 1 unspecified atom stereocenters. The van der Waals surface area contributed by atoms with Crippen LogP contribution in [0.25, 0.3) is 0 Å². The summed E-state index contributed by atoms with van der Waals surface area (Å²) in [5.74, 6) is -0.246. The molecule has 0 saturated carbocycles. The minimum atomic E-state index is -0.212. The van der Waals surface area contributed by atoms with E-state index < -0.39 is 0 Å². The van der Waals surface area contributed by atoms with Crippen LogP contribution in [0.2, 0.25) is 5.02 Å². The minimum Gasteiger partial charge on any atom is -0.352 e. The van der Waals surface area contributed by atoms with Crippen molar-refractivity contribution in [1.82, 2.24) is 15.1 Å². The Morgan fingerprint density at radius 1 is 1.23 bits per heavy atom. The molecule has 7 heteroatoms. The summed E-state index contributed by atoms with van der Waals surface area (Å²) in [6.45, 7) is 8.83. The third-order valence-electron chi connectivity index (χ3n) is 4.79. The normalized spacial score (nSPS) is 16.9. The van der Waals surface area contributed by atoms with E-state index in [2.05, 4.69) is 34.4 Å². The highest BCUT2D eigenvalue weighted by atomic mass is 35.5. The molecule has 1 aliphatic rings. The third kappa shape index (κ3) is 5.97. The zero-order chi connectivity index (χ0) is 19.1. The van der Waals surface area contributed by atoms with Gasteiger partial charge in [-0.1, -0.05) is 11.6 Å². The molecule has 0 radical (unpaired) electrons. The lowest BCUT2D eigenvalue weighted by molar-refractivity contribution is -0.116. The number of nitrogens with one attached hydrogen (secondary N) is 2. The SMILES string of the molecule is CCNC(=O)c1ccc(NC(=O)CCC(C)N2CCN(C)CC2)cc1Cl. The maximum absolute atomic E-state index is 12.2. The molecule has 0 aliphatic carbocycles. The van der Waals surface area contributed by atoms with Crippen LogP contribution in [0, 0.1) is 0 Å². The second-order valence-corrected chi connectivity index (χ2v) is 7.24. The highest BCUT2D eigenvalue weighted by Gasteiger charge is 2.19. The summed E-state index contributed by atoms with van der Waals surface area (Å²) in [5.41, 5.74) is 1.02. The van der Waals surface area contributed by atoms with Gasteiger partial charge in [-0.3, -0.25) is 14.5 Å².